The van der Waals surface area contributed by atoms with Gasteiger partial charge in [0.1, 0.15) is 6.54 Å². The number of alkyl halides is 7. The van der Waals surface area contributed by atoms with Gasteiger partial charge in [0.25, 0.3) is 11.8 Å². The molecule has 0 aliphatic rings. The minimum absolute atomic E-state index is 0.0330. The number of carbonyl (C=O) groups is 2. The van der Waals surface area contributed by atoms with Crippen molar-refractivity contribution in [2.45, 2.75) is 24.9 Å². The van der Waals surface area contributed by atoms with E-state index in [2.05, 4.69) is 30.9 Å². The van der Waals surface area contributed by atoms with E-state index in [9.17, 15) is 45.6 Å². The zero-order valence-electron chi connectivity index (χ0n) is 22.1. The number of anilines is 1. The molecule has 3 N–H and O–H groups in total. The van der Waals surface area contributed by atoms with E-state index < -0.39 is 53.7 Å². The van der Waals surface area contributed by atoms with Crippen LogP contribution in [0.15, 0.2) is 36.5 Å². The second-order valence-electron chi connectivity index (χ2n) is 8.82. The Labute approximate surface area is 250 Å². The Balaban J connectivity index is 1.82. The summed E-state index contributed by atoms with van der Waals surface area (Å²) >= 11 is 6.19. The molecule has 0 bridgehead atoms. The first-order valence-corrected chi connectivity index (χ1v) is 12.3. The number of halogens is 8. The largest absolute Gasteiger partial charge is 0.460 e. The van der Waals surface area contributed by atoms with E-state index in [-0.39, 0.29) is 38.0 Å². The lowest BCUT2D eigenvalue weighted by atomic mass is 10.0. The lowest BCUT2D eigenvalue weighted by Crippen LogP contribution is -2.51. The number of rotatable bonds is 8. The molecule has 0 aliphatic heterocycles. The Morgan fingerprint density at radius 2 is 1.82 bits per heavy atom. The number of nitrogens with one attached hydrogen (secondary N) is 3. The number of aromatic amines is 1. The quantitative estimate of drug-likeness (QED) is 0.147. The van der Waals surface area contributed by atoms with Crippen LogP contribution < -0.4 is 15.4 Å². The van der Waals surface area contributed by atoms with E-state index in [0.29, 0.717) is 0 Å². The normalized spacial score (nSPS) is 11.9. The number of tetrazole rings is 1. The molecule has 232 valence electrons. The SMILES string of the molecule is Cc1cc(C#N)cc(C(=O)NCC#N)c1NC(=O)c1cc(-[n+]2nc(C(F)(F)C(F)(F)C(F)(F)F)n[nH]2)nn1-c1ncccc1Cl. The van der Waals surface area contributed by atoms with E-state index in [0.717, 1.165) is 16.8 Å². The molecule has 45 heavy (non-hydrogen) atoms. The average molecular weight is 657 g/mol. The third-order valence-corrected chi connectivity index (χ3v) is 6.13. The number of amides is 2. The Kier molecular flexibility index (Phi) is 8.47. The highest BCUT2D eigenvalue weighted by atomic mass is 35.5. The molecule has 2 amide bonds. The third-order valence-electron chi connectivity index (χ3n) is 5.84. The predicted molar refractivity (Wildman–Crippen MR) is 135 cm³/mol. The van der Waals surface area contributed by atoms with Gasteiger partial charge in [-0.25, -0.2) is 4.98 Å². The number of pyridine rings is 1. The molecule has 4 aromatic rings. The third kappa shape index (κ3) is 5.95. The summed E-state index contributed by atoms with van der Waals surface area (Å²) in [7, 11) is 0. The monoisotopic (exact) mass is 656 g/mol. The van der Waals surface area contributed by atoms with Crippen LogP contribution >= 0.6 is 11.6 Å². The van der Waals surface area contributed by atoms with Crippen LogP contribution in [-0.2, 0) is 5.92 Å². The van der Waals surface area contributed by atoms with Gasteiger partial charge >= 0.3 is 29.7 Å². The Morgan fingerprint density at radius 3 is 2.44 bits per heavy atom. The molecule has 21 heteroatoms. The van der Waals surface area contributed by atoms with Gasteiger partial charge in [0.15, 0.2) is 11.5 Å². The van der Waals surface area contributed by atoms with E-state index in [1.807, 2.05) is 6.07 Å². The second-order valence-corrected chi connectivity index (χ2v) is 9.23. The fraction of sp³-hybridized carbons (Fsp3) is 0.208. The van der Waals surface area contributed by atoms with Crippen molar-refractivity contribution in [2.24, 2.45) is 0 Å². The fourth-order valence-electron chi connectivity index (χ4n) is 3.71. The number of benzene rings is 1. The minimum atomic E-state index is -6.65. The molecule has 13 nitrogen and oxygen atoms in total. The summed E-state index contributed by atoms with van der Waals surface area (Å²) in [5.41, 5.74) is -0.589. The summed E-state index contributed by atoms with van der Waals surface area (Å²) in [5, 5.41) is 34.2. The molecule has 1 aromatic carbocycles. The van der Waals surface area contributed by atoms with Gasteiger partial charge in [-0.15, -0.1) is 4.68 Å². The topological polar surface area (TPSA) is 182 Å². The zero-order chi connectivity index (χ0) is 33.3. The number of carbonyl (C=O) groups excluding carboxylic acids is 2. The highest BCUT2D eigenvalue weighted by molar-refractivity contribution is 6.32. The summed E-state index contributed by atoms with van der Waals surface area (Å²) in [5.74, 6) is -17.5. The lowest BCUT2D eigenvalue weighted by molar-refractivity contribution is -0.720. The number of nitrogens with zero attached hydrogens (tertiary/aromatic N) is 8. The van der Waals surface area contributed by atoms with Crippen LogP contribution in [-0.4, -0.2) is 60.6 Å². The maximum Gasteiger partial charge on any atom is 0.460 e. The van der Waals surface area contributed by atoms with E-state index in [1.165, 1.54) is 31.3 Å². The molecular weight excluding hydrogens is 643 g/mol. The Morgan fingerprint density at radius 1 is 1.11 bits per heavy atom. The van der Waals surface area contributed by atoms with Gasteiger partial charge in [-0.1, -0.05) is 16.8 Å². The van der Waals surface area contributed by atoms with Crippen LogP contribution in [0.5, 0.6) is 0 Å². The number of aromatic nitrogens is 7. The van der Waals surface area contributed by atoms with Crippen LogP contribution in [0.25, 0.3) is 11.6 Å². The summed E-state index contributed by atoms with van der Waals surface area (Å²) < 4.78 is 94.3. The molecule has 4 rings (SSSR count). The summed E-state index contributed by atoms with van der Waals surface area (Å²) in [6, 6.07) is 9.58. The van der Waals surface area contributed by atoms with Crippen molar-refractivity contribution in [3.8, 4) is 23.8 Å². The number of nitriles is 2. The molecule has 0 fully saturated rings. The second kappa shape index (κ2) is 11.8. The lowest BCUT2D eigenvalue weighted by Gasteiger charge is -2.24. The molecule has 0 atom stereocenters. The number of H-pyrrole nitrogens is 1. The van der Waals surface area contributed by atoms with E-state index in [4.69, 9.17) is 16.9 Å². The fourth-order valence-corrected chi connectivity index (χ4v) is 3.91. The molecule has 3 heterocycles. The zero-order valence-corrected chi connectivity index (χ0v) is 22.8. The van der Waals surface area contributed by atoms with Crippen molar-refractivity contribution in [3.05, 3.63) is 69.8 Å². The highest BCUT2D eigenvalue weighted by Gasteiger charge is 2.76. The van der Waals surface area contributed by atoms with Gasteiger partial charge in [0, 0.05) is 11.3 Å². The van der Waals surface area contributed by atoms with Crippen molar-refractivity contribution in [1.82, 2.24) is 35.5 Å². The van der Waals surface area contributed by atoms with Crippen LogP contribution in [0.4, 0.5) is 36.4 Å². The molecule has 0 radical (unpaired) electrons. The van der Waals surface area contributed by atoms with E-state index in [1.54, 1.807) is 11.3 Å². The molecule has 0 aliphatic carbocycles. The average Bonchev–Trinajstić information content (AvgIpc) is 3.65. The predicted octanol–water partition coefficient (Wildman–Crippen LogP) is 3.29. The maximum atomic E-state index is 14.2. The van der Waals surface area contributed by atoms with E-state index >= 15 is 0 Å². The smallest absolute Gasteiger partial charge is 0.339 e. The molecule has 0 saturated heterocycles. The van der Waals surface area contributed by atoms with Gasteiger partial charge in [-0.3, -0.25) is 9.59 Å². The van der Waals surface area contributed by atoms with Gasteiger partial charge in [0.05, 0.1) is 40.0 Å². The number of hydrogen-bond donors (Lipinski definition) is 3. The molecule has 0 unspecified atom stereocenters. The summed E-state index contributed by atoms with van der Waals surface area (Å²) in [6.07, 6.45) is -5.43. The van der Waals surface area contributed by atoms with Crippen LogP contribution in [0, 0.1) is 29.6 Å². The first kappa shape index (κ1) is 32.3. The van der Waals surface area contributed by atoms with Crippen LogP contribution in [0.2, 0.25) is 5.02 Å². The van der Waals surface area contributed by atoms with Gasteiger partial charge in [-0.2, -0.15) is 41.3 Å². The Hall–Kier alpha value is -5.63. The standard InChI is InChI=1S/C24H13ClF7N11O2/c1-11-7-12(10-34)8-13(19(44)36-6-4-33)17(11)37-20(45)15-9-16(39-42(15)18-14(25)3-2-5-35-18)43-40-21(38-41-43)22(26,27)23(28,29)24(30,31)32/h2-3,5,7-9H,6H2,1H3,(H2,36,37,44,45)/p+1. The van der Waals surface area contributed by atoms with Crippen molar-refractivity contribution < 1.29 is 45.1 Å². The van der Waals surface area contributed by atoms with Crippen LogP contribution in [0.1, 0.15) is 37.8 Å². The van der Waals surface area contributed by atoms with Crippen molar-refractivity contribution in [3.63, 3.8) is 0 Å². The van der Waals surface area contributed by atoms with Crippen molar-refractivity contribution in [2.75, 3.05) is 11.9 Å². The van der Waals surface area contributed by atoms with Gasteiger partial charge in [0.2, 0.25) is 0 Å². The van der Waals surface area contributed by atoms with Crippen molar-refractivity contribution in [1.29, 1.82) is 10.5 Å². The molecule has 0 spiro atoms. The van der Waals surface area contributed by atoms with Gasteiger partial charge in [-0.05, 0) is 51.7 Å². The maximum absolute atomic E-state index is 14.2. The van der Waals surface area contributed by atoms with Crippen molar-refractivity contribution >= 4 is 29.1 Å². The first-order chi connectivity index (χ1) is 21.0. The first-order valence-electron chi connectivity index (χ1n) is 11.9. The van der Waals surface area contributed by atoms with Gasteiger partial charge < -0.3 is 10.6 Å². The van der Waals surface area contributed by atoms with Crippen LogP contribution in [0.3, 0.4) is 0 Å². The Bertz CT molecular complexity index is 1890. The highest BCUT2D eigenvalue weighted by Crippen LogP contribution is 2.50. The number of hydrogen-bond acceptors (Lipinski definition) is 8. The molecule has 3 aromatic heterocycles. The number of aryl methyl sites for hydroxylation is 1. The molecule has 0 saturated carbocycles. The summed E-state index contributed by atoms with van der Waals surface area (Å²) in [4.78, 5) is 30.5. The minimum Gasteiger partial charge on any atom is -0.339 e. The summed E-state index contributed by atoms with van der Waals surface area (Å²) in [6.45, 7) is 1.03. The molecular formula is C24H14ClF7N11O2+.